The Morgan fingerprint density at radius 2 is 1.85 bits per heavy atom. The molecule has 2 aromatic carbocycles. The van der Waals surface area contributed by atoms with Crippen LogP contribution in [0.15, 0.2) is 66.4 Å². The van der Waals surface area contributed by atoms with Crippen LogP contribution in [-0.2, 0) is 23.1 Å². The van der Waals surface area contributed by atoms with Crippen molar-refractivity contribution >= 4 is 29.3 Å². The Morgan fingerprint density at radius 1 is 1.05 bits per heavy atom. The molecular weight excluding hydrogens is 532 g/mol. The summed E-state index contributed by atoms with van der Waals surface area (Å²) < 4.78 is 6.46. The predicted molar refractivity (Wildman–Crippen MR) is 165 cm³/mol. The van der Waals surface area contributed by atoms with Crippen molar-refractivity contribution in [2.45, 2.75) is 82.1 Å². The molecule has 0 saturated heterocycles. The molecule has 3 aromatic rings. The van der Waals surface area contributed by atoms with Gasteiger partial charge in [-0.15, -0.1) is 0 Å². The topological polar surface area (TPSA) is 71.5 Å². The van der Waals surface area contributed by atoms with Crippen molar-refractivity contribution in [1.29, 1.82) is 0 Å². The normalized spacial score (nSPS) is 24.1. The second-order valence-electron chi connectivity index (χ2n) is 12.3. The fourth-order valence-electron chi connectivity index (χ4n) is 7.31. The molecule has 1 aromatic heterocycles. The molecule has 3 aliphatic rings. The maximum absolute atomic E-state index is 12.7. The van der Waals surface area contributed by atoms with Crippen LogP contribution in [0.2, 0.25) is 5.02 Å². The summed E-state index contributed by atoms with van der Waals surface area (Å²) in [5, 5.41) is 14.4. The number of carboxylic acid groups (broad SMARTS) is 1. The Kier molecular flexibility index (Phi) is 7.82. The molecule has 0 radical (unpaired) electrons. The highest BCUT2D eigenvalue weighted by atomic mass is 35.5. The third kappa shape index (κ3) is 5.49. The lowest BCUT2D eigenvalue weighted by molar-refractivity contribution is -0.143. The Bertz CT molecular complexity index is 1460. The maximum atomic E-state index is 12.7. The first kappa shape index (κ1) is 27.8. The van der Waals surface area contributed by atoms with Crippen LogP contribution in [0.3, 0.4) is 0 Å². The van der Waals surface area contributed by atoms with E-state index in [-0.39, 0.29) is 5.41 Å². The Labute approximate surface area is 248 Å². The highest BCUT2D eigenvalue weighted by molar-refractivity contribution is 6.30. The third-order valence-electron chi connectivity index (χ3n) is 9.53. The van der Waals surface area contributed by atoms with E-state index in [9.17, 15) is 9.90 Å². The quantitative estimate of drug-likeness (QED) is 0.267. The molecular formula is C35H39ClN2O3. The summed E-state index contributed by atoms with van der Waals surface area (Å²) >= 11 is 6.21. The summed E-state index contributed by atoms with van der Waals surface area (Å²) in [4.78, 5) is 17.3. The molecule has 5 nitrogen and oxygen atoms in total. The summed E-state index contributed by atoms with van der Waals surface area (Å²) in [6, 6.07) is 18.0. The number of benzene rings is 2. The van der Waals surface area contributed by atoms with E-state index >= 15 is 0 Å². The lowest BCUT2D eigenvalue weighted by Gasteiger charge is -2.46. The smallest absolute Gasteiger partial charge is 0.329 e. The highest BCUT2D eigenvalue weighted by Gasteiger charge is 2.51. The van der Waals surface area contributed by atoms with E-state index in [1.165, 1.54) is 47.2 Å². The first-order valence-electron chi connectivity index (χ1n) is 15.1. The van der Waals surface area contributed by atoms with Crippen LogP contribution in [-0.4, -0.2) is 28.2 Å². The van der Waals surface area contributed by atoms with E-state index in [1.54, 1.807) is 12.1 Å². The van der Waals surface area contributed by atoms with Crippen LogP contribution < -0.4 is 10.1 Å². The first-order valence-corrected chi connectivity index (χ1v) is 15.4. The Balaban J connectivity index is 1.19. The van der Waals surface area contributed by atoms with Crippen LogP contribution in [0.4, 0.5) is 5.69 Å². The first-order chi connectivity index (χ1) is 19.9. The zero-order valence-corrected chi connectivity index (χ0v) is 24.6. The van der Waals surface area contributed by atoms with Crippen LogP contribution in [0, 0.1) is 5.92 Å². The third-order valence-corrected chi connectivity index (χ3v) is 9.76. The van der Waals surface area contributed by atoms with Gasteiger partial charge in [0.2, 0.25) is 0 Å². The predicted octanol–water partition coefficient (Wildman–Crippen LogP) is 8.25. The number of fused-ring (bicyclic) bond motifs is 3. The van der Waals surface area contributed by atoms with Gasteiger partial charge in [-0.1, -0.05) is 66.9 Å². The van der Waals surface area contributed by atoms with Crippen molar-refractivity contribution in [3.8, 4) is 5.75 Å². The lowest BCUT2D eigenvalue weighted by atomic mass is 9.61. The number of carbonyl (C=O) groups is 1. The van der Waals surface area contributed by atoms with Crippen molar-refractivity contribution in [1.82, 2.24) is 4.98 Å². The monoisotopic (exact) mass is 570 g/mol. The molecule has 6 rings (SSSR count). The van der Waals surface area contributed by atoms with Gasteiger partial charge >= 0.3 is 5.97 Å². The zero-order chi connectivity index (χ0) is 28.5. The molecule has 2 N–H and O–H groups in total. The van der Waals surface area contributed by atoms with Gasteiger partial charge in [-0.25, -0.2) is 4.79 Å². The number of nitrogens with one attached hydrogen (secondary N) is 1. The van der Waals surface area contributed by atoms with Gasteiger partial charge in [0.05, 0.1) is 6.61 Å². The largest absolute Gasteiger partial charge is 0.493 e. The van der Waals surface area contributed by atoms with E-state index in [0.29, 0.717) is 30.4 Å². The highest BCUT2D eigenvalue weighted by Crippen LogP contribution is 2.55. The van der Waals surface area contributed by atoms with Crippen molar-refractivity contribution in [2.75, 3.05) is 11.9 Å². The average Bonchev–Trinajstić information content (AvgIpc) is 3.09. The number of nitrogens with zero attached hydrogens (tertiary/aromatic N) is 1. The van der Waals surface area contributed by atoms with Gasteiger partial charge in [0, 0.05) is 33.6 Å². The van der Waals surface area contributed by atoms with E-state index in [4.69, 9.17) is 16.3 Å². The summed E-state index contributed by atoms with van der Waals surface area (Å²) in [7, 11) is 0. The van der Waals surface area contributed by atoms with Crippen molar-refractivity contribution in [2.24, 2.45) is 5.92 Å². The number of hydrogen-bond donors (Lipinski definition) is 2. The van der Waals surface area contributed by atoms with Crippen LogP contribution in [0.5, 0.6) is 5.75 Å². The summed E-state index contributed by atoms with van der Waals surface area (Å²) in [5.74, 6) is 0.512. The molecule has 41 heavy (non-hydrogen) atoms. The molecule has 1 saturated carbocycles. The van der Waals surface area contributed by atoms with Crippen LogP contribution >= 0.6 is 11.6 Å². The summed E-state index contributed by atoms with van der Waals surface area (Å²) in [6.45, 7) is 2.91. The summed E-state index contributed by atoms with van der Waals surface area (Å²) in [5.41, 5.74) is 6.09. The van der Waals surface area contributed by atoms with E-state index < -0.39 is 11.5 Å². The zero-order valence-electron chi connectivity index (χ0n) is 23.8. The summed E-state index contributed by atoms with van der Waals surface area (Å²) in [6.07, 6.45) is 13.5. The van der Waals surface area contributed by atoms with Gasteiger partial charge in [0.25, 0.3) is 0 Å². The van der Waals surface area contributed by atoms with Gasteiger partial charge in [-0.05, 0) is 99.1 Å². The molecule has 6 heteroatoms. The Hall–Kier alpha value is -3.31. The van der Waals surface area contributed by atoms with E-state index in [2.05, 4.69) is 47.6 Å². The minimum Gasteiger partial charge on any atom is -0.493 e. The lowest BCUT2D eigenvalue weighted by Crippen LogP contribution is -2.52. The van der Waals surface area contributed by atoms with E-state index in [1.807, 2.05) is 24.4 Å². The van der Waals surface area contributed by atoms with Gasteiger partial charge in [-0.3, -0.25) is 4.98 Å². The standard InChI is InChI=1S/C35H39ClN2O3/c1-24(23-41-32-14-19-37-31-13-4-2-3-11-29(31)32)20-26-21-25-8-5-6-12-30(25)34(26)15-17-35(18-16-34,33(39)40)38-28-10-7-9-27(36)22-28/h5-10,12,14,19,21-22,24,38H,2-4,11,13,15-18,20,23H2,1H3,(H,39,40)/t24-,34?,35?/m1/s1. The van der Waals surface area contributed by atoms with Crippen LogP contribution in [0.25, 0.3) is 6.08 Å². The number of hydrogen-bond acceptors (Lipinski definition) is 4. The van der Waals surface area contributed by atoms with Gasteiger partial charge in [-0.2, -0.15) is 0 Å². The minimum atomic E-state index is -1.02. The SMILES string of the molecule is C[C@@H](COc1ccnc2c1CCCCC2)CC1=Cc2ccccc2C12CCC(Nc1cccc(Cl)c1)(C(=O)O)CC2. The molecule has 1 heterocycles. The van der Waals surface area contributed by atoms with Crippen LogP contribution in [0.1, 0.15) is 80.7 Å². The number of pyridine rings is 1. The molecule has 3 aliphatic carbocycles. The van der Waals surface area contributed by atoms with Gasteiger partial charge in [0.1, 0.15) is 11.3 Å². The second kappa shape index (κ2) is 11.5. The van der Waals surface area contributed by atoms with Gasteiger partial charge < -0.3 is 15.2 Å². The van der Waals surface area contributed by atoms with Crippen molar-refractivity contribution in [3.63, 3.8) is 0 Å². The van der Waals surface area contributed by atoms with Crippen molar-refractivity contribution in [3.05, 3.63) is 93.8 Å². The number of halogens is 1. The fraction of sp³-hybridized carbons (Fsp3) is 0.429. The fourth-order valence-corrected chi connectivity index (χ4v) is 7.50. The van der Waals surface area contributed by atoms with Crippen molar-refractivity contribution < 1.29 is 14.6 Å². The number of anilines is 1. The molecule has 1 atom stereocenters. The van der Waals surface area contributed by atoms with E-state index in [0.717, 1.165) is 43.5 Å². The average molecular weight is 571 g/mol. The molecule has 0 unspecified atom stereocenters. The number of aliphatic carboxylic acids is 1. The molecule has 0 amide bonds. The number of allylic oxidation sites excluding steroid dienone is 1. The minimum absolute atomic E-state index is 0.145. The number of aromatic nitrogens is 1. The molecule has 214 valence electrons. The van der Waals surface area contributed by atoms with Gasteiger partial charge in [0.15, 0.2) is 0 Å². The second-order valence-corrected chi connectivity index (χ2v) is 12.7. The molecule has 1 fully saturated rings. The number of ether oxygens (including phenoxy) is 1. The Morgan fingerprint density at radius 3 is 2.66 bits per heavy atom. The maximum Gasteiger partial charge on any atom is 0.329 e. The molecule has 0 aliphatic heterocycles. The number of aryl methyl sites for hydroxylation is 1. The molecule has 0 bridgehead atoms. The number of carboxylic acids is 1. The molecule has 1 spiro atoms. The number of rotatable bonds is 8.